The molecule has 1 aliphatic heterocycles. The van der Waals surface area contributed by atoms with Crippen LogP contribution in [-0.2, 0) is 0 Å². The van der Waals surface area contributed by atoms with Crippen molar-refractivity contribution in [3.63, 3.8) is 0 Å². The lowest BCUT2D eigenvalue weighted by molar-refractivity contribution is 0.0761. The van der Waals surface area contributed by atoms with Crippen LogP contribution in [0.5, 0.6) is 5.75 Å². The number of para-hydroxylation sites is 1. The number of benzene rings is 1. The topological polar surface area (TPSA) is 94.7 Å². The Hall–Kier alpha value is -3.55. The highest BCUT2D eigenvalue weighted by molar-refractivity contribution is 5.97. The third kappa shape index (κ3) is 2.74. The fourth-order valence-corrected chi connectivity index (χ4v) is 3.51. The minimum absolute atomic E-state index is 0.00956. The SMILES string of the molecule is COc1cccc2cc(C(=O)N3CC[C@@H](c4noc(-c5ccco5)n4)C3)oc12. The van der Waals surface area contributed by atoms with Crippen molar-refractivity contribution >= 4 is 16.9 Å². The van der Waals surface area contributed by atoms with E-state index >= 15 is 0 Å². The molecule has 1 fully saturated rings. The minimum atomic E-state index is -0.157. The Balaban J connectivity index is 1.34. The number of carbonyl (C=O) groups is 1. The maximum absolute atomic E-state index is 12.9. The summed E-state index contributed by atoms with van der Waals surface area (Å²) in [6.07, 6.45) is 2.31. The van der Waals surface area contributed by atoms with Crippen LogP contribution in [0.4, 0.5) is 0 Å². The molecule has 0 radical (unpaired) electrons. The Bertz CT molecular complexity index is 1130. The van der Waals surface area contributed by atoms with Crippen molar-refractivity contribution in [2.24, 2.45) is 0 Å². The van der Waals surface area contributed by atoms with Crippen molar-refractivity contribution in [2.75, 3.05) is 20.2 Å². The number of hydrogen-bond acceptors (Lipinski definition) is 7. The number of amides is 1. The molecule has 0 saturated carbocycles. The van der Waals surface area contributed by atoms with Crippen LogP contribution in [0, 0.1) is 0 Å². The molecular formula is C20H17N3O5. The number of furan rings is 2. The fourth-order valence-electron chi connectivity index (χ4n) is 3.51. The monoisotopic (exact) mass is 379 g/mol. The quantitative estimate of drug-likeness (QED) is 0.533. The number of likely N-dealkylation sites (tertiary alicyclic amines) is 1. The van der Waals surface area contributed by atoms with Crippen LogP contribution in [0.2, 0.25) is 0 Å². The van der Waals surface area contributed by atoms with E-state index in [0.29, 0.717) is 47.7 Å². The summed E-state index contributed by atoms with van der Waals surface area (Å²) in [5.74, 6) is 2.20. The van der Waals surface area contributed by atoms with Gasteiger partial charge in [-0.25, -0.2) is 0 Å². The van der Waals surface area contributed by atoms with Crippen molar-refractivity contribution in [1.82, 2.24) is 15.0 Å². The van der Waals surface area contributed by atoms with Gasteiger partial charge in [-0.1, -0.05) is 17.3 Å². The first-order valence-corrected chi connectivity index (χ1v) is 8.96. The zero-order valence-corrected chi connectivity index (χ0v) is 15.1. The second-order valence-corrected chi connectivity index (χ2v) is 6.66. The van der Waals surface area contributed by atoms with Crippen LogP contribution in [0.15, 0.2) is 56.0 Å². The predicted octanol–water partition coefficient (Wildman–Crippen LogP) is 3.71. The van der Waals surface area contributed by atoms with Gasteiger partial charge in [-0.15, -0.1) is 0 Å². The van der Waals surface area contributed by atoms with Crippen molar-refractivity contribution in [2.45, 2.75) is 12.3 Å². The zero-order valence-electron chi connectivity index (χ0n) is 15.1. The molecule has 142 valence electrons. The first-order valence-electron chi connectivity index (χ1n) is 8.96. The molecule has 1 aromatic carbocycles. The van der Waals surface area contributed by atoms with E-state index in [1.807, 2.05) is 12.1 Å². The van der Waals surface area contributed by atoms with E-state index in [0.717, 1.165) is 11.8 Å². The number of aromatic nitrogens is 2. The molecule has 4 heterocycles. The van der Waals surface area contributed by atoms with Crippen molar-refractivity contribution in [1.29, 1.82) is 0 Å². The Morgan fingerprint density at radius 1 is 1.29 bits per heavy atom. The molecule has 0 N–H and O–H groups in total. The third-order valence-corrected chi connectivity index (χ3v) is 4.95. The van der Waals surface area contributed by atoms with Gasteiger partial charge in [0.05, 0.1) is 13.4 Å². The molecule has 1 amide bonds. The Labute approximate surface area is 159 Å². The zero-order chi connectivity index (χ0) is 19.1. The number of ether oxygens (including phenoxy) is 1. The molecule has 4 aromatic rings. The van der Waals surface area contributed by atoms with Crippen molar-refractivity contribution in [3.05, 3.63) is 54.2 Å². The van der Waals surface area contributed by atoms with Crippen LogP contribution in [0.25, 0.3) is 22.6 Å². The molecule has 3 aromatic heterocycles. The predicted molar refractivity (Wildman–Crippen MR) is 98.0 cm³/mol. The van der Waals surface area contributed by atoms with Gasteiger partial charge in [0.15, 0.2) is 28.7 Å². The second-order valence-electron chi connectivity index (χ2n) is 6.66. The number of hydrogen-bond donors (Lipinski definition) is 0. The van der Waals surface area contributed by atoms with Gasteiger partial charge in [-0.2, -0.15) is 4.98 Å². The lowest BCUT2D eigenvalue weighted by Gasteiger charge is -2.13. The summed E-state index contributed by atoms with van der Waals surface area (Å²) in [5, 5.41) is 4.89. The molecule has 1 atom stereocenters. The number of methoxy groups -OCH3 is 1. The minimum Gasteiger partial charge on any atom is -0.493 e. The van der Waals surface area contributed by atoms with Crippen LogP contribution in [-0.4, -0.2) is 41.1 Å². The smallest absolute Gasteiger partial charge is 0.293 e. The first kappa shape index (κ1) is 16.6. The number of fused-ring (bicyclic) bond motifs is 1. The van der Waals surface area contributed by atoms with Gasteiger partial charge in [-0.3, -0.25) is 4.79 Å². The highest BCUT2D eigenvalue weighted by atomic mass is 16.5. The standard InChI is InChI=1S/C20H17N3O5/c1-25-14-5-2-4-12-10-16(27-17(12)14)20(24)23-8-7-13(11-23)18-21-19(28-22-18)15-6-3-9-26-15/h2-6,9-10,13H,7-8,11H2,1H3/t13-/m1/s1. The van der Waals surface area contributed by atoms with E-state index in [9.17, 15) is 4.79 Å². The highest BCUT2D eigenvalue weighted by Crippen LogP contribution is 2.32. The summed E-state index contributed by atoms with van der Waals surface area (Å²) in [6.45, 7) is 1.10. The van der Waals surface area contributed by atoms with Gasteiger partial charge in [0.1, 0.15) is 0 Å². The van der Waals surface area contributed by atoms with E-state index < -0.39 is 0 Å². The molecule has 0 unspecified atom stereocenters. The highest BCUT2D eigenvalue weighted by Gasteiger charge is 2.32. The van der Waals surface area contributed by atoms with E-state index in [4.69, 9.17) is 18.1 Å². The largest absolute Gasteiger partial charge is 0.493 e. The molecule has 0 bridgehead atoms. The number of rotatable bonds is 4. The van der Waals surface area contributed by atoms with Gasteiger partial charge in [-0.05, 0) is 30.7 Å². The fraction of sp³-hybridized carbons (Fsp3) is 0.250. The summed E-state index contributed by atoms with van der Waals surface area (Å²) >= 11 is 0. The summed E-state index contributed by atoms with van der Waals surface area (Å²) in [6, 6.07) is 10.8. The van der Waals surface area contributed by atoms with Gasteiger partial charge < -0.3 is 23.0 Å². The number of carbonyl (C=O) groups excluding carboxylic acids is 1. The van der Waals surface area contributed by atoms with Crippen LogP contribution in [0.1, 0.15) is 28.7 Å². The summed E-state index contributed by atoms with van der Waals surface area (Å²) in [7, 11) is 1.58. The molecule has 8 nitrogen and oxygen atoms in total. The lowest BCUT2D eigenvalue weighted by atomic mass is 10.1. The van der Waals surface area contributed by atoms with Crippen molar-refractivity contribution in [3.8, 4) is 17.4 Å². The molecule has 0 aliphatic carbocycles. The normalized spacial score (nSPS) is 16.8. The van der Waals surface area contributed by atoms with Gasteiger partial charge in [0.25, 0.3) is 11.8 Å². The Kier molecular flexibility index (Phi) is 3.89. The molecular weight excluding hydrogens is 362 g/mol. The van der Waals surface area contributed by atoms with Crippen molar-refractivity contribution < 1.29 is 22.9 Å². The molecule has 28 heavy (non-hydrogen) atoms. The van der Waals surface area contributed by atoms with E-state index in [2.05, 4.69) is 10.1 Å². The van der Waals surface area contributed by atoms with Crippen LogP contribution < -0.4 is 4.74 Å². The second kappa shape index (κ2) is 6.56. The van der Waals surface area contributed by atoms with E-state index in [1.54, 1.807) is 42.5 Å². The lowest BCUT2D eigenvalue weighted by Crippen LogP contribution is -2.28. The summed E-state index contributed by atoms with van der Waals surface area (Å²) in [5.41, 5.74) is 0.574. The van der Waals surface area contributed by atoms with Crippen LogP contribution in [0.3, 0.4) is 0 Å². The Morgan fingerprint density at radius 3 is 3.04 bits per heavy atom. The van der Waals surface area contributed by atoms with E-state index in [-0.39, 0.29) is 11.8 Å². The van der Waals surface area contributed by atoms with Crippen LogP contribution >= 0.6 is 0 Å². The Morgan fingerprint density at radius 2 is 2.21 bits per heavy atom. The maximum Gasteiger partial charge on any atom is 0.293 e. The van der Waals surface area contributed by atoms with Gasteiger partial charge in [0.2, 0.25) is 0 Å². The molecule has 1 saturated heterocycles. The molecule has 1 aliphatic rings. The van der Waals surface area contributed by atoms with Gasteiger partial charge >= 0.3 is 0 Å². The summed E-state index contributed by atoms with van der Waals surface area (Å²) < 4.78 is 21.6. The third-order valence-electron chi connectivity index (χ3n) is 4.95. The van der Waals surface area contributed by atoms with Gasteiger partial charge in [0, 0.05) is 24.4 Å². The maximum atomic E-state index is 12.9. The average molecular weight is 379 g/mol. The number of nitrogens with zero attached hydrogens (tertiary/aromatic N) is 3. The summed E-state index contributed by atoms with van der Waals surface area (Å²) in [4.78, 5) is 19.1. The van der Waals surface area contributed by atoms with E-state index in [1.165, 1.54) is 0 Å². The molecule has 5 rings (SSSR count). The average Bonchev–Trinajstić information content (AvgIpc) is 3.50. The molecule has 8 heteroatoms. The molecule has 0 spiro atoms. The first-order chi connectivity index (χ1) is 13.7.